The van der Waals surface area contributed by atoms with Crippen LogP contribution in [0.25, 0.3) is 11.1 Å². The Hall–Kier alpha value is -2.13. The van der Waals surface area contributed by atoms with Crippen molar-refractivity contribution < 1.29 is 14.3 Å². The van der Waals surface area contributed by atoms with E-state index >= 15 is 0 Å². The van der Waals surface area contributed by atoms with Crippen LogP contribution < -0.4 is 0 Å². The molecular formula is C16H16O3. The van der Waals surface area contributed by atoms with Gasteiger partial charge in [-0.3, -0.25) is 0 Å². The van der Waals surface area contributed by atoms with Crippen LogP contribution in [-0.4, -0.2) is 19.9 Å². The van der Waals surface area contributed by atoms with Crippen LogP contribution in [0.4, 0.5) is 0 Å². The molecule has 98 valence electrons. The summed E-state index contributed by atoms with van der Waals surface area (Å²) in [6.45, 7) is 1.95. The third-order valence-electron chi connectivity index (χ3n) is 2.85. The first kappa shape index (κ1) is 13.3. The molecule has 0 aliphatic rings. The fraction of sp³-hybridized carbons (Fsp3) is 0.188. The molecule has 0 unspecified atom stereocenters. The molecular weight excluding hydrogens is 240 g/mol. The number of carbonyl (C=O) groups is 1. The highest BCUT2D eigenvalue weighted by molar-refractivity contribution is 5.90. The predicted molar refractivity (Wildman–Crippen MR) is 73.9 cm³/mol. The van der Waals surface area contributed by atoms with Gasteiger partial charge in [-0.05, 0) is 35.7 Å². The summed E-state index contributed by atoms with van der Waals surface area (Å²) < 4.78 is 9.63. The fourth-order valence-corrected chi connectivity index (χ4v) is 1.93. The number of rotatable bonds is 4. The van der Waals surface area contributed by atoms with Crippen molar-refractivity contribution in [3.63, 3.8) is 0 Å². The number of esters is 1. The van der Waals surface area contributed by atoms with Crippen molar-refractivity contribution in [3.05, 3.63) is 59.7 Å². The number of hydrogen-bond donors (Lipinski definition) is 0. The maximum absolute atomic E-state index is 11.7. The van der Waals surface area contributed by atoms with Crippen molar-refractivity contribution in [2.75, 3.05) is 13.9 Å². The van der Waals surface area contributed by atoms with Crippen molar-refractivity contribution in [3.8, 4) is 11.1 Å². The highest BCUT2D eigenvalue weighted by atomic mass is 16.7. The second-order valence-electron chi connectivity index (χ2n) is 4.23. The number of methoxy groups -OCH3 is 1. The van der Waals surface area contributed by atoms with Gasteiger partial charge in [-0.1, -0.05) is 36.4 Å². The number of ether oxygens (including phenoxy) is 2. The molecule has 3 heteroatoms. The molecule has 0 radical (unpaired) electrons. The first-order chi connectivity index (χ1) is 9.22. The van der Waals surface area contributed by atoms with Gasteiger partial charge in [0.1, 0.15) is 0 Å². The molecule has 0 atom stereocenters. The van der Waals surface area contributed by atoms with Crippen molar-refractivity contribution in [1.82, 2.24) is 0 Å². The van der Waals surface area contributed by atoms with Gasteiger partial charge in [-0.15, -0.1) is 0 Å². The van der Waals surface area contributed by atoms with Crippen LogP contribution in [-0.2, 0) is 9.47 Å². The Kier molecular flexibility index (Phi) is 4.31. The summed E-state index contributed by atoms with van der Waals surface area (Å²) in [6.07, 6.45) is 0. The minimum atomic E-state index is -0.371. The molecule has 0 aliphatic heterocycles. The summed E-state index contributed by atoms with van der Waals surface area (Å²) in [5.41, 5.74) is 3.83. The van der Waals surface area contributed by atoms with Crippen LogP contribution in [0.5, 0.6) is 0 Å². The lowest BCUT2D eigenvalue weighted by molar-refractivity contribution is -0.0125. The van der Waals surface area contributed by atoms with Crippen LogP contribution in [0.1, 0.15) is 15.9 Å². The molecule has 0 spiro atoms. The van der Waals surface area contributed by atoms with Crippen molar-refractivity contribution in [2.45, 2.75) is 6.92 Å². The van der Waals surface area contributed by atoms with E-state index in [1.807, 2.05) is 49.4 Å². The van der Waals surface area contributed by atoms with Crippen LogP contribution in [0.3, 0.4) is 0 Å². The predicted octanol–water partition coefficient (Wildman–Crippen LogP) is 3.42. The Morgan fingerprint density at radius 1 is 1.11 bits per heavy atom. The molecule has 0 bridgehead atoms. The molecule has 0 N–H and O–H groups in total. The van der Waals surface area contributed by atoms with Crippen LogP contribution >= 0.6 is 0 Å². The quantitative estimate of drug-likeness (QED) is 0.621. The maximum Gasteiger partial charge on any atom is 0.340 e. The molecule has 0 fully saturated rings. The van der Waals surface area contributed by atoms with Gasteiger partial charge in [0, 0.05) is 7.11 Å². The summed E-state index contributed by atoms with van der Waals surface area (Å²) in [4.78, 5) is 11.7. The Bertz CT molecular complexity index is 561. The third-order valence-corrected chi connectivity index (χ3v) is 2.85. The molecule has 19 heavy (non-hydrogen) atoms. The van der Waals surface area contributed by atoms with Gasteiger partial charge < -0.3 is 9.47 Å². The molecule has 0 saturated heterocycles. The van der Waals surface area contributed by atoms with E-state index in [1.165, 1.54) is 7.11 Å². The fourth-order valence-electron chi connectivity index (χ4n) is 1.93. The average molecular weight is 256 g/mol. The van der Waals surface area contributed by atoms with Crippen molar-refractivity contribution >= 4 is 5.97 Å². The molecule has 3 nitrogen and oxygen atoms in total. The minimum Gasteiger partial charge on any atom is -0.435 e. The maximum atomic E-state index is 11.7. The summed E-state index contributed by atoms with van der Waals surface area (Å²) >= 11 is 0. The first-order valence-electron chi connectivity index (χ1n) is 6.04. The zero-order valence-electron chi connectivity index (χ0n) is 11.1. The highest BCUT2D eigenvalue weighted by Crippen LogP contribution is 2.24. The lowest BCUT2D eigenvalue weighted by Gasteiger charge is -2.08. The van der Waals surface area contributed by atoms with E-state index < -0.39 is 0 Å². The second kappa shape index (κ2) is 6.16. The summed E-state index contributed by atoms with van der Waals surface area (Å²) in [6, 6.07) is 15.6. The van der Waals surface area contributed by atoms with Crippen LogP contribution in [0.2, 0.25) is 0 Å². The lowest BCUT2D eigenvalue weighted by Crippen LogP contribution is -2.07. The van der Waals surface area contributed by atoms with E-state index in [0.29, 0.717) is 5.56 Å². The molecule has 0 amide bonds. The molecule has 0 aromatic heterocycles. The van der Waals surface area contributed by atoms with Gasteiger partial charge in [-0.2, -0.15) is 0 Å². The Labute approximate surface area is 112 Å². The molecule has 2 aromatic carbocycles. The third kappa shape index (κ3) is 3.20. The molecule has 0 saturated carbocycles. The molecule has 0 heterocycles. The number of benzene rings is 2. The van der Waals surface area contributed by atoms with E-state index in [4.69, 9.17) is 9.47 Å². The van der Waals surface area contributed by atoms with E-state index in [2.05, 4.69) is 0 Å². The second-order valence-corrected chi connectivity index (χ2v) is 4.23. The number of carbonyl (C=O) groups excluding carboxylic acids is 1. The lowest BCUT2D eigenvalue weighted by atomic mass is 9.98. The van der Waals surface area contributed by atoms with Crippen molar-refractivity contribution in [1.29, 1.82) is 0 Å². The average Bonchev–Trinajstić information content (AvgIpc) is 2.45. The molecule has 0 aliphatic carbocycles. The normalized spacial score (nSPS) is 10.2. The van der Waals surface area contributed by atoms with Crippen molar-refractivity contribution in [2.24, 2.45) is 0 Å². The van der Waals surface area contributed by atoms with Gasteiger partial charge in [0.05, 0.1) is 5.56 Å². The van der Waals surface area contributed by atoms with E-state index in [9.17, 15) is 4.79 Å². The standard InChI is InChI=1S/C16H16O3/c1-12-10-14(16(17)19-11-18-2)8-9-15(12)13-6-4-3-5-7-13/h3-10H,11H2,1-2H3. The molecule has 2 aromatic rings. The Morgan fingerprint density at radius 2 is 1.84 bits per heavy atom. The zero-order chi connectivity index (χ0) is 13.7. The summed E-state index contributed by atoms with van der Waals surface area (Å²) in [5, 5.41) is 0. The van der Waals surface area contributed by atoms with Crippen LogP contribution in [0.15, 0.2) is 48.5 Å². The van der Waals surface area contributed by atoms with Gasteiger partial charge in [-0.25, -0.2) is 4.79 Å². The van der Waals surface area contributed by atoms with Gasteiger partial charge in [0.2, 0.25) is 0 Å². The van der Waals surface area contributed by atoms with E-state index in [0.717, 1.165) is 16.7 Å². The molecule has 2 rings (SSSR count). The van der Waals surface area contributed by atoms with Gasteiger partial charge >= 0.3 is 5.97 Å². The number of aryl methyl sites for hydroxylation is 1. The Morgan fingerprint density at radius 3 is 2.47 bits per heavy atom. The van der Waals surface area contributed by atoms with E-state index in [1.54, 1.807) is 6.07 Å². The highest BCUT2D eigenvalue weighted by Gasteiger charge is 2.09. The smallest absolute Gasteiger partial charge is 0.340 e. The van der Waals surface area contributed by atoms with Crippen LogP contribution in [0, 0.1) is 6.92 Å². The largest absolute Gasteiger partial charge is 0.435 e. The number of hydrogen-bond acceptors (Lipinski definition) is 3. The van der Waals surface area contributed by atoms with Gasteiger partial charge in [0.15, 0.2) is 6.79 Å². The summed E-state index contributed by atoms with van der Waals surface area (Å²) in [5.74, 6) is -0.371. The SMILES string of the molecule is COCOC(=O)c1ccc(-c2ccccc2)c(C)c1. The first-order valence-corrected chi connectivity index (χ1v) is 6.04. The summed E-state index contributed by atoms with van der Waals surface area (Å²) in [7, 11) is 1.48. The zero-order valence-corrected chi connectivity index (χ0v) is 11.1. The topological polar surface area (TPSA) is 35.5 Å². The minimum absolute atomic E-state index is 0.0294. The van der Waals surface area contributed by atoms with Gasteiger partial charge in [0.25, 0.3) is 0 Å². The Balaban J connectivity index is 2.25. The van der Waals surface area contributed by atoms with E-state index in [-0.39, 0.29) is 12.8 Å². The monoisotopic (exact) mass is 256 g/mol.